The van der Waals surface area contributed by atoms with E-state index >= 15 is 0 Å². The Morgan fingerprint density at radius 2 is 2.19 bits per heavy atom. The number of hydrogen-bond donors (Lipinski definition) is 3. The highest BCUT2D eigenvalue weighted by Crippen LogP contribution is 2.45. The number of fused-ring (bicyclic) bond motifs is 1. The number of aliphatic hydroxyl groups excluding tert-OH is 1. The second-order valence-corrected chi connectivity index (χ2v) is 12.4. The van der Waals surface area contributed by atoms with Crippen LogP contribution in [-0.4, -0.2) is 73.3 Å². The minimum absolute atomic E-state index is 0.0233. The van der Waals surface area contributed by atoms with Crippen LogP contribution in [0.25, 0.3) is 11.2 Å². The smallest absolute Gasteiger partial charge is 0.279 e. The molecule has 0 bridgehead atoms. The highest BCUT2D eigenvalue weighted by atomic mass is 31.2. The lowest BCUT2D eigenvalue weighted by molar-refractivity contribution is -0.0950. The van der Waals surface area contributed by atoms with Crippen molar-refractivity contribution in [2.75, 3.05) is 19.5 Å². The van der Waals surface area contributed by atoms with Gasteiger partial charge in [-0.1, -0.05) is 6.92 Å². The van der Waals surface area contributed by atoms with Gasteiger partial charge in [0.05, 0.1) is 12.4 Å². The molecule has 0 aromatic carbocycles. The number of nitrogens with zero attached hydrogens (tertiary/aromatic N) is 3. The lowest BCUT2D eigenvalue weighted by Crippen LogP contribution is -2.45. The number of ether oxygens (including phenoxy) is 1. The first-order valence-electron chi connectivity index (χ1n) is 8.58. The highest BCUT2D eigenvalue weighted by Gasteiger charge is 2.54. The Bertz CT molecular complexity index is 928. The number of hydrogen-bond acceptors (Lipinski definition) is 6. The molecule has 0 aliphatic carbocycles. The first-order valence-corrected chi connectivity index (χ1v) is 11.6. The molecule has 1 saturated heterocycles. The number of nitrogens with one attached hydrogen (secondary N) is 1. The summed E-state index contributed by atoms with van der Waals surface area (Å²) < 4.78 is 7.62. The van der Waals surface area contributed by atoms with Crippen LogP contribution in [0.2, 0.25) is 0 Å². The largest absolute Gasteiger partial charge is 0.387 e. The van der Waals surface area contributed by atoms with E-state index in [4.69, 9.17) is 4.74 Å². The van der Waals surface area contributed by atoms with Crippen LogP contribution >= 0.6 is 6.89 Å². The quantitative estimate of drug-likeness (QED) is 0.674. The standard InChI is InChI=1S/C17H27N4O4P/c1-9(7-26(4,5)6)12-13(22)17(3,24)16(25-12)21-8-18-11-14(21)19-10(2)20-15(11)23/h8-9,12-13,16,22,24H,4,7H2,1-3,5-6H3,(H,19,20,23)/t9?,12-,13-,16-,17+/m1/s1. The molecule has 144 valence electrons. The molecule has 1 aliphatic rings. The second kappa shape index (κ2) is 6.30. The van der Waals surface area contributed by atoms with Gasteiger partial charge in [-0.15, -0.1) is 13.2 Å². The van der Waals surface area contributed by atoms with Gasteiger partial charge in [0.1, 0.15) is 17.5 Å². The van der Waals surface area contributed by atoms with Crippen LogP contribution in [0.1, 0.15) is 25.9 Å². The van der Waals surface area contributed by atoms with E-state index in [1.807, 2.05) is 6.92 Å². The van der Waals surface area contributed by atoms with Crippen LogP contribution in [0.3, 0.4) is 0 Å². The van der Waals surface area contributed by atoms with Crippen LogP contribution in [0.4, 0.5) is 0 Å². The molecule has 2 aromatic heterocycles. The van der Waals surface area contributed by atoms with Gasteiger partial charge in [-0.25, -0.2) is 9.97 Å². The summed E-state index contributed by atoms with van der Waals surface area (Å²) in [6, 6.07) is 0. The minimum Gasteiger partial charge on any atom is -0.387 e. The van der Waals surface area contributed by atoms with Crippen molar-refractivity contribution in [2.24, 2.45) is 5.92 Å². The van der Waals surface area contributed by atoms with Crippen LogP contribution in [-0.2, 0) is 4.74 Å². The van der Waals surface area contributed by atoms with Gasteiger partial charge in [-0.3, -0.25) is 9.36 Å². The van der Waals surface area contributed by atoms with E-state index < -0.39 is 30.9 Å². The monoisotopic (exact) mass is 382 g/mol. The predicted octanol–water partition coefficient (Wildman–Crippen LogP) is 0.783. The van der Waals surface area contributed by atoms with Gasteiger partial charge in [0.2, 0.25) is 0 Å². The number of imidazole rings is 1. The fourth-order valence-corrected chi connectivity index (χ4v) is 5.49. The molecule has 1 fully saturated rings. The first kappa shape index (κ1) is 19.3. The second-order valence-electron chi connectivity index (χ2n) is 8.19. The summed E-state index contributed by atoms with van der Waals surface area (Å²) in [7, 11) is 0. The zero-order chi connectivity index (χ0) is 19.4. The number of rotatable bonds is 4. The molecule has 8 nitrogen and oxygen atoms in total. The van der Waals surface area contributed by atoms with Gasteiger partial charge in [-0.05, 0) is 39.3 Å². The Labute approximate surface area is 152 Å². The molecule has 1 unspecified atom stereocenters. The average molecular weight is 382 g/mol. The molecule has 1 aliphatic heterocycles. The molecule has 0 radical (unpaired) electrons. The average Bonchev–Trinajstić information content (AvgIpc) is 2.98. The van der Waals surface area contributed by atoms with Crippen molar-refractivity contribution < 1.29 is 14.9 Å². The summed E-state index contributed by atoms with van der Waals surface area (Å²) in [5, 5.41) is 21.7. The fourth-order valence-electron chi connectivity index (χ4n) is 3.72. The molecule has 0 spiro atoms. The SMILES string of the molecule is C=P(C)(C)CC(C)[C@H]1O[C@@H](n2cnc3c(=O)[nH]c(C)nc32)[C@@](C)(O)[C@@H]1O. The van der Waals surface area contributed by atoms with Gasteiger partial charge in [0.15, 0.2) is 17.4 Å². The number of aliphatic hydroxyl groups is 2. The summed E-state index contributed by atoms with van der Waals surface area (Å²) in [6.07, 6.45) is 3.96. The van der Waals surface area contributed by atoms with Gasteiger partial charge in [-0.2, -0.15) is 0 Å². The normalized spacial score (nSPS) is 30.8. The summed E-state index contributed by atoms with van der Waals surface area (Å²) >= 11 is 0. The van der Waals surface area contributed by atoms with Gasteiger partial charge >= 0.3 is 0 Å². The summed E-state index contributed by atoms with van der Waals surface area (Å²) in [4.78, 5) is 23.1. The van der Waals surface area contributed by atoms with Crippen LogP contribution < -0.4 is 5.56 Å². The van der Waals surface area contributed by atoms with E-state index in [9.17, 15) is 15.0 Å². The molecule has 0 amide bonds. The fraction of sp³-hybridized carbons (Fsp3) is 0.647. The van der Waals surface area contributed by atoms with Gasteiger partial charge in [0.25, 0.3) is 5.56 Å². The molecule has 0 saturated carbocycles. The van der Waals surface area contributed by atoms with E-state index in [1.165, 1.54) is 17.8 Å². The molecular formula is C17H27N4O4P. The topological polar surface area (TPSA) is 113 Å². The zero-order valence-electron chi connectivity index (χ0n) is 15.8. The van der Waals surface area contributed by atoms with Gasteiger partial charge < -0.3 is 19.9 Å². The van der Waals surface area contributed by atoms with E-state index in [0.29, 0.717) is 11.5 Å². The van der Waals surface area contributed by atoms with E-state index in [2.05, 4.69) is 34.6 Å². The molecule has 3 N–H and O–H groups in total. The van der Waals surface area contributed by atoms with E-state index in [1.54, 1.807) is 6.92 Å². The minimum atomic E-state index is -1.55. The number of aromatic nitrogens is 4. The molecule has 3 rings (SSSR count). The van der Waals surface area contributed by atoms with Gasteiger partial charge in [0, 0.05) is 0 Å². The third-order valence-electron chi connectivity index (χ3n) is 4.84. The van der Waals surface area contributed by atoms with E-state index in [0.717, 1.165) is 6.16 Å². The Morgan fingerprint density at radius 1 is 1.54 bits per heavy atom. The van der Waals surface area contributed by atoms with Crippen molar-refractivity contribution in [1.82, 2.24) is 19.5 Å². The maximum absolute atomic E-state index is 12.1. The van der Waals surface area contributed by atoms with Crippen molar-refractivity contribution in [1.29, 1.82) is 0 Å². The zero-order valence-corrected chi connectivity index (χ0v) is 16.7. The Kier molecular flexibility index (Phi) is 4.68. The number of aryl methyl sites for hydroxylation is 1. The lowest BCUT2D eigenvalue weighted by Gasteiger charge is -2.28. The number of H-pyrrole nitrogens is 1. The maximum Gasteiger partial charge on any atom is 0.279 e. The van der Waals surface area contributed by atoms with Crippen LogP contribution in [0, 0.1) is 12.8 Å². The number of aromatic amines is 1. The highest BCUT2D eigenvalue weighted by molar-refractivity contribution is 7.72. The van der Waals surface area contributed by atoms with Crippen molar-refractivity contribution in [3.63, 3.8) is 0 Å². The summed E-state index contributed by atoms with van der Waals surface area (Å²) in [5.74, 6) is 0.464. The molecule has 26 heavy (non-hydrogen) atoms. The predicted molar refractivity (Wildman–Crippen MR) is 103 cm³/mol. The third kappa shape index (κ3) is 3.27. The Hall–Kier alpha value is -1.47. The third-order valence-corrected chi connectivity index (χ3v) is 6.41. The van der Waals surface area contributed by atoms with Crippen LogP contribution in [0.5, 0.6) is 0 Å². The first-order chi connectivity index (χ1) is 11.9. The van der Waals surface area contributed by atoms with Crippen LogP contribution in [0.15, 0.2) is 11.1 Å². The molecule has 2 aromatic rings. The van der Waals surface area contributed by atoms with Crippen molar-refractivity contribution in [3.8, 4) is 0 Å². The Balaban J connectivity index is 2.01. The van der Waals surface area contributed by atoms with Crippen molar-refractivity contribution in [2.45, 2.75) is 44.8 Å². The molecule has 3 heterocycles. The summed E-state index contributed by atoms with van der Waals surface area (Å²) in [6.45, 7) is 8.13. The lowest BCUT2D eigenvalue weighted by atomic mass is 9.91. The Morgan fingerprint density at radius 3 is 2.81 bits per heavy atom. The van der Waals surface area contributed by atoms with Crippen molar-refractivity contribution in [3.05, 3.63) is 22.5 Å². The summed E-state index contributed by atoms with van der Waals surface area (Å²) in [5.41, 5.74) is -1.40. The molecular weight excluding hydrogens is 355 g/mol. The maximum atomic E-state index is 12.1. The molecule has 5 atom stereocenters. The van der Waals surface area contributed by atoms with Crippen molar-refractivity contribution >= 4 is 24.3 Å². The van der Waals surface area contributed by atoms with E-state index in [-0.39, 0.29) is 17.0 Å². The molecule has 9 heteroatoms.